The van der Waals surface area contributed by atoms with Gasteiger partial charge in [0.1, 0.15) is 23.5 Å². The van der Waals surface area contributed by atoms with E-state index in [0.717, 1.165) is 23.5 Å². The van der Waals surface area contributed by atoms with Gasteiger partial charge in [-0.15, -0.1) is 0 Å². The van der Waals surface area contributed by atoms with E-state index in [-0.39, 0.29) is 11.9 Å². The molecular formula is C22H20FN7. The maximum Gasteiger partial charge on any atom is 0.182 e. The molecule has 0 saturated heterocycles. The summed E-state index contributed by atoms with van der Waals surface area (Å²) in [5.41, 5.74) is 3.55. The first kappa shape index (κ1) is 18.2. The molecule has 7 nitrogen and oxygen atoms in total. The molecule has 3 heterocycles. The van der Waals surface area contributed by atoms with Gasteiger partial charge in [-0.05, 0) is 30.7 Å². The van der Waals surface area contributed by atoms with Crippen LogP contribution in [0.1, 0.15) is 18.9 Å². The third-order valence-electron chi connectivity index (χ3n) is 5.24. The van der Waals surface area contributed by atoms with Gasteiger partial charge < -0.3 is 15.2 Å². The fourth-order valence-corrected chi connectivity index (χ4v) is 3.72. The number of aliphatic imine (C=N–C) groups is 1. The number of aromatic nitrogens is 4. The maximum absolute atomic E-state index is 14.5. The molecule has 0 fully saturated rings. The standard InChI is InChI=1S/C22H20FN7/c1-2-17(28-21-19-20(25-12-24-19)26-13-27-21)22-29-18-10-6-9-16(23)15(18)11-30(22)14-7-4-3-5-8-14/h3-10,12-13,17H,2,11H2,1H3,(H2,24,25,26,27,28). The molecule has 0 saturated carbocycles. The Kier molecular flexibility index (Phi) is 4.59. The molecule has 2 aromatic heterocycles. The van der Waals surface area contributed by atoms with Crippen LogP contribution in [-0.4, -0.2) is 31.8 Å². The van der Waals surface area contributed by atoms with E-state index >= 15 is 0 Å². The molecule has 150 valence electrons. The van der Waals surface area contributed by atoms with Crippen molar-refractivity contribution in [2.24, 2.45) is 4.99 Å². The Hall–Kier alpha value is -3.81. The van der Waals surface area contributed by atoms with Crippen molar-refractivity contribution in [2.45, 2.75) is 25.9 Å². The van der Waals surface area contributed by atoms with E-state index in [2.05, 4.69) is 37.1 Å². The minimum absolute atomic E-state index is 0.150. The lowest BCUT2D eigenvalue weighted by atomic mass is 10.0. The molecule has 1 aliphatic heterocycles. The molecular weight excluding hydrogens is 381 g/mol. The number of halogens is 1. The second-order valence-corrected chi connectivity index (χ2v) is 7.06. The van der Waals surface area contributed by atoms with Gasteiger partial charge >= 0.3 is 0 Å². The van der Waals surface area contributed by atoms with Crippen LogP contribution >= 0.6 is 0 Å². The molecule has 0 bridgehead atoms. The van der Waals surface area contributed by atoms with E-state index in [4.69, 9.17) is 4.99 Å². The second kappa shape index (κ2) is 7.55. The van der Waals surface area contributed by atoms with Crippen LogP contribution in [0.2, 0.25) is 0 Å². The van der Waals surface area contributed by atoms with Crippen LogP contribution < -0.4 is 10.2 Å². The molecule has 0 radical (unpaired) electrons. The number of H-pyrrole nitrogens is 1. The van der Waals surface area contributed by atoms with Crippen LogP contribution in [-0.2, 0) is 6.54 Å². The Morgan fingerprint density at radius 1 is 1.10 bits per heavy atom. The number of aromatic amines is 1. The number of hydrogen-bond acceptors (Lipinski definition) is 6. The summed E-state index contributed by atoms with van der Waals surface area (Å²) in [6.45, 7) is 2.49. The molecule has 2 aromatic carbocycles. The highest BCUT2D eigenvalue weighted by Gasteiger charge is 2.29. The maximum atomic E-state index is 14.5. The van der Waals surface area contributed by atoms with Crippen molar-refractivity contribution >= 4 is 34.2 Å². The van der Waals surface area contributed by atoms with E-state index in [9.17, 15) is 4.39 Å². The molecule has 5 rings (SSSR count). The monoisotopic (exact) mass is 401 g/mol. The Balaban J connectivity index is 1.59. The molecule has 0 spiro atoms. The second-order valence-electron chi connectivity index (χ2n) is 7.06. The Morgan fingerprint density at radius 2 is 1.97 bits per heavy atom. The van der Waals surface area contributed by atoms with Crippen molar-refractivity contribution < 1.29 is 4.39 Å². The number of hydrogen-bond donors (Lipinski definition) is 2. The summed E-state index contributed by atoms with van der Waals surface area (Å²) in [6.07, 6.45) is 3.84. The smallest absolute Gasteiger partial charge is 0.182 e. The SMILES string of the molecule is CCC(Nc1ncnc2nc[nH]c12)C1=Nc2cccc(F)c2CN1c1ccccc1. The minimum Gasteiger partial charge on any atom is -0.358 e. The number of nitrogens with one attached hydrogen (secondary N) is 2. The van der Waals surface area contributed by atoms with Gasteiger partial charge in [-0.2, -0.15) is 0 Å². The summed E-state index contributed by atoms with van der Waals surface area (Å²) >= 11 is 0. The van der Waals surface area contributed by atoms with Crippen LogP contribution in [0.4, 0.5) is 21.6 Å². The van der Waals surface area contributed by atoms with E-state index in [1.807, 2.05) is 36.4 Å². The van der Waals surface area contributed by atoms with Gasteiger partial charge in [-0.25, -0.2) is 24.3 Å². The molecule has 0 amide bonds. The zero-order chi connectivity index (χ0) is 20.5. The average molecular weight is 401 g/mol. The van der Waals surface area contributed by atoms with Crippen molar-refractivity contribution in [1.29, 1.82) is 0 Å². The summed E-state index contributed by atoms with van der Waals surface area (Å²) in [7, 11) is 0. The van der Waals surface area contributed by atoms with Crippen LogP contribution in [0, 0.1) is 5.82 Å². The zero-order valence-electron chi connectivity index (χ0n) is 16.4. The van der Waals surface area contributed by atoms with Crippen LogP contribution in [0.5, 0.6) is 0 Å². The number of amidine groups is 1. The lowest BCUT2D eigenvalue weighted by Crippen LogP contribution is -2.44. The van der Waals surface area contributed by atoms with Crippen molar-refractivity contribution in [3.8, 4) is 0 Å². The molecule has 4 aromatic rings. The minimum atomic E-state index is -0.243. The molecule has 30 heavy (non-hydrogen) atoms. The van der Waals surface area contributed by atoms with Gasteiger partial charge in [-0.3, -0.25) is 0 Å². The first-order valence-electron chi connectivity index (χ1n) is 9.83. The summed E-state index contributed by atoms with van der Waals surface area (Å²) in [5, 5.41) is 3.48. The van der Waals surface area contributed by atoms with E-state index < -0.39 is 0 Å². The van der Waals surface area contributed by atoms with Crippen molar-refractivity contribution in [2.75, 3.05) is 10.2 Å². The van der Waals surface area contributed by atoms with E-state index in [1.165, 1.54) is 12.4 Å². The largest absolute Gasteiger partial charge is 0.358 e. The summed E-state index contributed by atoms with van der Waals surface area (Å²) in [4.78, 5) is 22.8. The number of nitrogens with zero attached hydrogens (tertiary/aromatic N) is 5. The first-order chi connectivity index (χ1) is 14.7. The summed E-state index contributed by atoms with van der Waals surface area (Å²) in [6, 6.07) is 14.8. The fraction of sp³-hybridized carbons (Fsp3) is 0.182. The van der Waals surface area contributed by atoms with Gasteiger partial charge in [0.2, 0.25) is 0 Å². The van der Waals surface area contributed by atoms with Gasteiger partial charge in [0, 0.05) is 11.3 Å². The first-order valence-corrected chi connectivity index (χ1v) is 9.83. The topological polar surface area (TPSA) is 82.1 Å². The van der Waals surface area contributed by atoms with Crippen LogP contribution in [0.3, 0.4) is 0 Å². The number of anilines is 2. The van der Waals surface area contributed by atoms with E-state index in [0.29, 0.717) is 29.3 Å². The summed E-state index contributed by atoms with van der Waals surface area (Å²) < 4.78 is 14.5. The number of rotatable bonds is 5. The van der Waals surface area contributed by atoms with Crippen molar-refractivity contribution in [1.82, 2.24) is 19.9 Å². The van der Waals surface area contributed by atoms with Crippen LogP contribution in [0.15, 0.2) is 66.2 Å². The third kappa shape index (κ3) is 3.16. The lowest BCUT2D eigenvalue weighted by molar-refractivity contribution is 0.608. The molecule has 8 heteroatoms. The van der Waals surface area contributed by atoms with Gasteiger partial charge in [-0.1, -0.05) is 31.2 Å². The predicted octanol–water partition coefficient (Wildman–Crippen LogP) is 4.43. The van der Waals surface area contributed by atoms with Gasteiger partial charge in [0.05, 0.1) is 24.6 Å². The normalized spacial score (nSPS) is 14.3. The Bertz CT molecular complexity index is 1220. The highest BCUT2D eigenvalue weighted by molar-refractivity contribution is 6.06. The zero-order valence-corrected chi connectivity index (χ0v) is 16.4. The summed E-state index contributed by atoms with van der Waals surface area (Å²) in [5.74, 6) is 1.23. The van der Waals surface area contributed by atoms with Crippen molar-refractivity contribution in [3.05, 3.63) is 72.6 Å². The molecule has 0 aliphatic carbocycles. The number of benzene rings is 2. The van der Waals surface area contributed by atoms with E-state index in [1.54, 1.807) is 12.4 Å². The molecule has 2 N–H and O–H groups in total. The van der Waals surface area contributed by atoms with Crippen molar-refractivity contribution in [3.63, 3.8) is 0 Å². The van der Waals surface area contributed by atoms with Gasteiger partial charge in [0.15, 0.2) is 11.5 Å². The lowest BCUT2D eigenvalue weighted by Gasteiger charge is -2.35. The molecule has 1 atom stereocenters. The van der Waals surface area contributed by atoms with Crippen LogP contribution in [0.25, 0.3) is 11.2 Å². The quantitative estimate of drug-likeness (QED) is 0.517. The molecule has 1 unspecified atom stereocenters. The number of fused-ring (bicyclic) bond motifs is 2. The highest BCUT2D eigenvalue weighted by atomic mass is 19.1. The third-order valence-corrected chi connectivity index (χ3v) is 5.24. The number of para-hydroxylation sites is 1. The predicted molar refractivity (Wildman–Crippen MR) is 116 cm³/mol. The molecule has 1 aliphatic rings. The Labute approximate surface area is 172 Å². The van der Waals surface area contributed by atoms with Gasteiger partial charge in [0.25, 0.3) is 0 Å². The Morgan fingerprint density at radius 3 is 2.80 bits per heavy atom. The average Bonchev–Trinajstić information content (AvgIpc) is 3.27. The fourth-order valence-electron chi connectivity index (χ4n) is 3.72. The number of imidazole rings is 1. The highest BCUT2D eigenvalue weighted by Crippen LogP contribution is 2.33.